The maximum Gasteiger partial charge on any atom is 0.125 e. The van der Waals surface area contributed by atoms with E-state index in [1.54, 1.807) is 12.3 Å². The quantitative estimate of drug-likeness (QED) is 0.841. The first-order chi connectivity index (χ1) is 8.65. The van der Waals surface area contributed by atoms with Crippen LogP contribution in [-0.4, -0.2) is 16.9 Å². The number of halogens is 1. The monoisotopic (exact) mass is 245 g/mol. The third kappa shape index (κ3) is 3.28. The largest absolute Gasteiger partial charge is 0.398 e. The fourth-order valence-corrected chi connectivity index (χ4v) is 1.86. The van der Waals surface area contributed by atoms with Crippen molar-refractivity contribution in [2.45, 2.75) is 13.1 Å². The molecule has 0 radical (unpaired) electrons. The summed E-state index contributed by atoms with van der Waals surface area (Å²) < 4.78 is 12.9. The molecule has 2 aromatic rings. The number of benzene rings is 1. The van der Waals surface area contributed by atoms with Crippen molar-refractivity contribution in [3.63, 3.8) is 0 Å². The van der Waals surface area contributed by atoms with Crippen molar-refractivity contribution in [3.8, 4) is 0 Å². The van der Waals surface area contributed by atoms with Gasteiger partial charge >= 0.3 is 0 Å². The minimum Gasteiger partial charge on any atom is -0.398 e. The molecule has 0 atom stereocenters. The van der Waals surface area contributed by atoms with Gasteiger partial charge in [-0.2, -0.15) is 0 Å². The maximum atomic E-state index is 12.9. The zero-order chi connectivity index (χ0) is 13.0. The molecule has 4 heteroatoms. The first-order valence-electron chi connectivity index (χ1n) is 5.76. The molecule has 3 nitrogen and oxygen atoms in total. The van der Waals surface area contributed by atoms with Gasteiger partial charge < -0.3 is 5.73 Å². The van der Waals surface area contributed by atoms with Crippen LogP contribution >= 0.6 is 0 Å². The molecule has 0 saturated heterocycles. The lowest BCUT2D eigenvalue weighted by molar-refractivity contribution is 0.319. The second-order valence-corrected chi connectivity index (χ2v) is 4.38. The average Bonchev–Trinajstić information content (AvgIpc) is 2.34. The van der Waals surface area contributed by atoms with Crippen molar-refractivity contribution >= 4 is 5.69 Å². The molecule has 0 bridgehead atoms. The number of hydrogen-bond donors (Lipinski definition) is 1. The Morgan fingerprint density at radius 2 is 2.11 bits per heavy atom. The third-order valence-electron chi connectivity index (χ3n) is 2.72. The normalized spacial score (nSPS) is 10.8. The van der Waals surface area contributed by atoms with Gasteiger partial charge in [-0.3, -0.25) is 9.88 Å². The molecule has 18 heavy (non-hydrogen) atoms. The van der Waals surface area contributed by atoms with E-state index in [0.717, 1.165) is 17.7 Å². The summed E-state index contributed by atoms with van der Waals surface area (Å²) in [6.45, 7) is 1.46. The van der Waals surface area contributed by atoms with Crippen LogP contribution in [0.4, 0.5) is 10.1 Å². The van der Waals surface area contributed by atoms with Gasteiger partial charge in [0, 0.05) is 31.2 Å². The number of aromatic nitrogens is 1. The lowest BCUT2D eigenvalue weighted by Crippen LogP contribution is -2.18. The molecule has 0 unspecified atom stereocenters. The Hall–Kier alpha value is -1.94. The zero-order valence-corrected chi connectivity index (χ0v) is 10.3. The smallest absolute Gasteiger partial charge is 0.125 e. The van der Waals surface area contributed by atoms with Crippen LogP contribution in [0.25, 0.3) is 0 Å². The number of rotatable bonds is 4. The van der Waals surface area contributed by atoms with E-state index in [9.17, 15) is 4.39 Å². The van der Waals surface area contributed by atoms with Crippen LogP contribution in [0, 0.1) is 5.82 Å². The first-order valence-corrected chi connectivity index (χ1v) is 5.76. The number of nitrogens with zero attached hydrogens (tertiary/aromatic N) is 2. The fraction of sp³-hybridized carbons (Fsp3) is 0.214. The summed E-state index contributed by atoms with van der Waals surface area (Å²) in [7, 11) is 2.00. The highest BCUT2D eigenvalue weighted by atomic mass is 19.1. The Morgan fingerprint density at radius 1 is 1.28 bits per heavy atom. The maximum absolute atomic E-state index is 12.9. The predicted molar refractivity (Wildman–Crippen MR) is 70.2 cm³/mol. The molecule has 1 aromatic heterocycles. The minimum absolute atomic E-state index is 0.300. The molecule has 2 N–H and O–H groups in total. The highest BCUT2D eigenvalue weighted by Crippen LogP contribution is 2.16. The number of pyridine rings is 1. The Bertz CT molecular complexity index is 514. The standard InChI is InChI=1S/C14H16FN3/c1-18(9-11-3-2-6-17-8-11)10-12-4-5-13(15)7-14(12)16/h2-8H,9-10,16H2,1H3. The van der Waals surface area contributed by atoms with Gasteiger partial charge in [0.05, 0.1) is 0 Å². The summed E-state index contributed by atoms with van der Waals surface area (Å²) in [4.78, 5) is 6.18. The van der Waals surface area contributed by atoms with Crippen LogP contribution in [0.3, 0.4) is 0 Å². The molecule has 0 aliphatic carbocycles. The van der Waals surface area contributed by atoms with E-state index in [2.05, 4.69) is 9.88 Å². The lowest BCUT2D eigenvalue weighted by Gasteiger charge is -2.17. The van der Waals surface area contributed by atoms with Gasteiger partial charge in [0.2, 0.25) is 0 Å². The Labute approximate surface area is 106 Å². The van der Waals surface area contributed by atoms with E-state index in [1.165, 1.54) is 12.1 Å². The van der Waals surface area contributed by atoms with Gasteiger partial charge in [-0.15, -0.1) is 0 Å². The highest BCUT2D eigenvalue weighted by molar-refractivity contribution is 5.46. The van der Waals surface area contributed by atoms with Crippen molar-refractivity contribution in [3.05, 3.63) is 59.7 Å². The zero-order valence-electron chi connectivity index (χ0n) is 10.3. The summed E-state index contributed by atoms with van der Waals surface area (Å²) in [5.74, 6) is -0.300. The van der Waals surface area contributed by atoms with Crippen LogP contribution < -0.4 is 5.73 Å². The average molecular weight is 245 g/mol. The van der Waals surface area contributed by atoms with E-state index < -0.39 is 0 Å². The van der Waals surface area contributed by atoms with Crippen molar-refractivity contribution in [2.24, 2.45) is 0 Å². The van der Waals surface area contributed by atoms with Crippen molar-refractivity contribution in [1.29, 1.82) is 0 Å². The van der Waals surface area contributed by atoms with Gasteiger partial charge in [0.1, 0.15) is 5.82 Å². The molecule has 94 valence electrons. The summed E-state index contributed by atoms with van der Waals surface area (Å²) in [6, 6.07) is 8.45. The van der Waals surface area contributed by atoms with E-state index >= 15 is 0 Å². The van der Waals surface area contributed by atoms with Crippen LogP contribution in [0.2, 0.25) is 0 Å². The van der Waals surface area contributed by atoms with Gasteiger partial charge in [-0.1, -0.05) is 12.1 Å². The third-order valence-corrected chi connectivity index (χ3v) is 2.72. The number of anilines is 1. The van der Waals surface area contributed by atoms with E-state index in [1.807, 2.05) is 25.4 Å². The van der Waals surface area contributed by atoms with Crippen LogP contribution in [-0.2, 0) is 13.1 Å². The van der Waals surface area contributed by atoms with Crippen molar-refractivity contribution in [1.82, 2.24) is 9.88 Å². The van der Waals surface area contributed by atoms with Gasteiger partial charge in [0.25, 0.3) is 0 Å². The fourth-order valence-electron chi connectivity index (χ4n) is 1.86. The van der Waals surface area contributed by atoms with Gasteiger partial charge in [0.15, 0.2) is 0 Å². The SMILES string of the molecule is CN(Cc1cccnc1)Cc1ccc(F)cc1N. The lowest BCUT2D eigenvalue weighted by atomic mass is 10.1. The summed E-state index contributed by atoms with van der Waals surface area (Å²) in [5, 5.41) is 0. The second-order valence-electron chi connectivity index (χ2n) is 4.38. The van der Waals surface area contributed by atoms with Crippen molar-refractivity contribution in [2.75, 3.05) is 12.8 Å². The highest BCUT2D eigenvalue weighted by Gasteiger charge is 2.05. The summed E-state index contributed by atoms with van der Waals surface area (Å²) in [6.07, 6.45) is 3.59. The molecule has 0 aliphatic heterocycles. The second kappa shape index (κ2) is 5.60. The molecule has 0 amide bonds. The van der Waals surface area contributed by atoms with E-state index in [4.69, 9.17) is 5.73 Å². The summed E-state index contributed by atoms with van der Waals surface area (Å²) >= 11 is 0. The van der Waals surface area contributed by atoms with Crippen LogP contribution in [0.5, 0.6) is 0 Å². The molecule has 0 fully saturated rings. The minimum atomic E-state index is -0.300. The molecule has 0 spiro atoms. The summed E-state index contributed by atoms with van der Waals surface area (Å²) in [5.41, 5.74) is 8.35. The Balaban J connectivity index is 2.01. The molecular formula is C14H16FN3. The molecule has 0 aliphatic rings. The van der Waals surface area contributed by atoms with Crippen LogP contribution in [0.15, 0.2) is 42.7 Å². The number of hydrogen-bond acceptors (Lipinski definition) is 3. The Kier molecular flexibility index (Phi) is 3.89. The molecule has 0 saturated carbocycles. The van der Waals surface area contributed by atoms with E-state index in [-0.39, 0.29) is 5.82 Å². The topological polar surface area (TPSA) is 42.2 Å². The first kappa shape index (κ1) is 12.5. The molecule has 1 aromatic carbocycles. The van der Waals surface area contributed by atoms with Crippen LogP contribution in [0.1, 0.15) is 11.1 Å². The predicted octanol–water partition coefficient (Wildman–Crippen LogP) is 2.43. The number of nitrogens with two attached hydrogens (primary N) is 1. The molecule has 1 heterocycles. The molecule has 2 rings (SSSR count). The van der Waals surface area contributed by atoms with Gasteiger partial charge in [-0.25, -0.2) is 4.39 Å². The van der Waals surface area contributed by atoms with Gasteiger partial charge in [-0.05, 0) is 36.4 Å². The molecular weight excluding hydrogens is 229 g/mol. The van der Waals surface area contributed by atoms with Crippen molar-refractivity contribution < 1.29 is 4.39 Å². The Morgan fingerprint density at radius 3 is 2.78 bits per heavy atom. The number of nitrogen functional groups attached to an aromatic ring is 1. The van der Waals surface area contributed by atoms with E-state index in [0.29, 0.717) is 12.2 Å².